The van der Waals surface area contributed by atoms with Gasteiger partial charge in [0.05, 0.1) is 26.4 Å². The Labute approximate surface area is 588 Å². The van der Waals surface area contributed by atoms with E-state index in [-0.39, 0.29) is 25.7 Å². The maximum absolute atomic E-state index is 13.1. The van der Waals surface area contributed by atoms with Crippen molar-refractivity contribution >= 4 is 39.5 Å². The highest BCUT2D eigenvalue weighted by Gasteiger charge is 2.30. The van der Waals surface area contributed by atoms with Crippen LogP contribution in [-0.4, -0.2) is 96.7 Å². The van der Waals surface area contributed by atoms with Crippen LogP contribution in [0.1, 0.15) is 389 Å². The quantitative estimate of drug-likeness (QED) is 0.0222. The van der Waals surface area contributed by atoms with Crippen LogP contribution in [0.4, 0.5) is 0 Å². The SMILES string of the molecule is CCC(C)CCCCCCCCCCCCCCCCC(=O)O[C@H](COC(=O)CCCCCCCCCCCCCCCCCCC(C)C)COP(=O)(O)OC[C@@H](O)COP(=O)(O)OC[C@@H](COC(=O)CCCCCCCCC(C)C)OC(=O)CCCCCCCCCC(C)C. The van der Waals surface area contributed by atoms with Crippen molar-refractivity contribution in [1.82, 2.24) is 0 Å². The van der Waals surface area contributed by atoms with Gasteiger partial charge in [0.25, 0.3) is 0 Å². The summed E-state index contributed by atoms with van der Waals surface area (Å²) in [5.74, 6) is 0.909. The molecule has 0 aromatic carbocycles. The van der Waals surface area contributed by atoms with Crippen LogP contribution in [0.3, 0.4) is 0 Å². The number of unbranched alkanes of at least 4 members (excludes halogenated alkanes) is 39. The average molecular weight is 1410 g/mol. The van der Waals surface area contributed by atoms with Crippen molar-refractivity contribution in [2.45, 2.75) is 408 Å². The average Bonchev–Trinajstić information content (AvgIpc) is 1.50. The minimum atomic E-state index is -4.96. The maximum Gasteiger partial charge on any atom is 0.472 e. The van der Waals surface area contributed by atoms with Crippen LogP contribution in [0, 0.1) is 23.7 Å². The molecule has 3 unspecified atom stereocenters. The molecular weight excluding hydrogens is 1260 g/mol. The summed E-state index contributed by atoms with van der Waals surface area (Å²) in [5.41, 5.74) is 0. The van der Waals surface area contributed by atoms with E-state index in [9.17, 15) is 43.2 Å². The minimum Gasteiger partial charge on any atom is -0.462 e. The summed E-state index contributed by atoms with van der Waals surface area (Å²) in [4.78, 5) is 72.7. The Morgan fingerprint density at radius 2 is 0.500 bits per heavy atom. The van der Waals surface area contributed by atoms with Gasteiger partial charge >= 0.3 is 39.5 Å². The van der Waals surface area contributed by atoms with Gasteiger partial charge in [0.15, 0.2) is 12.2 Å². The topological polar surface area (TPSA) is 237 Å². The number of carbonyl (C=O) groups is 4. The molecule has 0 heterocycles. The fourth-order valence-electron chi connectivity index (χ4n) is 11.7. The maximum atomic E-state index is 13.1. The number of ether oxygens (including phenoxy) is 4. The second-order valence-electron chi connectivity index (χ2n) is 29.4. The Bertz CT molecular complexity index is 1890. The van der Waals surface area contributed by atoms with E-state index in [2.05, 4.69) is 55.4 Å². The fraction of sp³-hybridized carbons (Fsp3) is 0.948. The molecule has 6 atom stereocenters. The number of rotatable bonds is 74. The van der Waals surface area contributed by atoms with Gasteiger partial charge < -0.3 is 33.8 Å². The lowest BCUT2D eigenvalue weighted by molar-refractivity contribution is -0.161. The standard InChI is InChI=1S/C77H150O17P2/c1-9-70(8)56-48-40-31-25-21-17-14-15-19-23-27-33-43-51-59-76(81)93-72(63-87-74(79)57-49-41-32-26-22-18-13-11-10-12-16-20-24-29-37-45-53-67(2)3)65-91-95(83,84)89-61-71(78)62-90-96(85,86)92-66-73(64-88-75(80)58-50-42-36-35-39-47-55-69(6)7)94-77(82)60-52-44-34-28-30-38-46-54-68(4)5/h67-73,78H,9-66H2,1-8H3,(H,83,84)(H,85,86)/t70?,71-,72-,73-/m1/s1. The molecule has 0 aromatic rings. The lowest BCUT2D eigenvalue weighted by atomic mass is 9.99. The Morgan fingerprint density at radius 1 is 0.292 bits per heavy atom. The van der Waals surface area contributed by atoms with Gasteiger partial charge in [-0.2, -0.15) is 0 Å². The first-order valence-electron chi connectivity index (χ1n) is 39.7. The molecule has 0 fully saturated rings. The van der Waals surface area contributed by atoms with E-state index in [0.29, 0.717) is 37.5 Å². The Balaban J connectivity index is 5.20. The van der Waals surface area contributed by atoms with E-state index >= 15 is 0 Å². The van der Waals surface area contributed by atoms with Gasteiger partial charge in [-0.3, -0.25) is 37.3 Å². The van der Waals surface area contributed by atoms with Crippen LogP contribution in [0.5, 0.6) is 0 Å². The summed E-state index contributed by atoms with van der Waals surface area (Å²) in [7, 11) is -9.91. The van der Waals surface area contributed by atoms with E-state index in [0.717, 1.165) is 108 Å². The molecule has 3 N–H and O–H groups in total. The number of hydrogen-bond acceptors (Lipinski definition) is 15. The summed E-state index contributed by atoms with van der Waals surface area (Å²) < 4.78 is 68.5. The Hall–Kier alpha value is -1.94. The third-order valence-corrected chi connectivity index (χ3v) is 20.1. The zero-order valence-corrected chi connectivity index (χ0v) is 64.8. The van der Waals surface area contributed by atoms with Gasteiger partial charge in [0, 0.05) is 25.7 Å². The second kappa shape index (κ2) is 66.3. The molecule has 0 spiro atoms. The first-order valence-corrected chi connectivity index (χ1v) is 42.7. The third kappa shape index (κ3) is 69.2. The number of phosphoric acid groups is 2. The number of aliphatic hydroxyl groups excluding tert-OH is 1. The van der Waals surface area contributed by atoms with E-state index in [1.807, 2.05) is 0 Å². The number of hydrogen-bond donors (Lipinski definition) is 3. The summed E-state index contributed by atoms with van der Waals surface area (Å²) in [6, 6.07) is 0. The molecule has 0 aliphatic heterocycles. The minimum absolute atomic E-state index is 0.102. The van der Waals surface area contributed by atoms with Gasteiger partial charge in [-0.1, -0.05) is 338 Å². The summed E-state index contributed by atoms with van der Waals surface area (Å²) >= 11 is 0. The summed E-state index contributed by atoms with van der Waals surface area (Å²) in [5, 5.41) is 10.6. The molecule has 96 heavy (non-hydrogen) atoms. The fourth-order valence-corrected chi connectivity index (χ4v) is 13.3. The smallest absolute Gasteiger partial charge is 0.462 e. The second-order valence-corrected chi connectivity index (χ2v) is 32.3. The highest BCUT2D eigenvalue weighted by Crippen LogP contribution is 2.45. The molecular formula is C77H150O17P2. The lowest BCUT2D eigenvalue weighted by Gasteiger charge is -2.21. The lowest BCUT2D eigenvalue weighted by Crippen LogP contribution is -2.30. The number of aliphatic hydroxyl groups is 1. The van der Waals surface area contributed by atoms with E-state index in [4.69, 9.17) is 37.0 Å². The summed E-state index contributed by atoms with van der Waals surface area (Å²) in [6.07, 6.45) is 51.7. The van der Waals surface area contributed by atoms with Gasteiger partial charge in [-0.05, 0) is 49.4 Å². The molecule has 0 aromatic heterocycles. The first kappa shape index (κ1) is 94.1. The monoisotopic (exact) mass is 1410 g/mol. The van der Waals surface area contributed by atoms with Crippen molar-refractivity contribution in [2.24, 2.45) is 23.7 Å². The van der Waals surface area contributed by atoms with Gasteiger partial charge in [0.1, 0.15) is 19.3 Å². The molecule has 0 aliphatic carbocycles. The van der Waals surface area contributed by atoms with Crippen molar-refractivity contribution in [1.29, 1.82) is 0 Å². The van der Waals surface area contributed by atoms with Crippen LogP contribution in [0.2, 0.25) is 0 Å². The predicted octanol–water partition coefficient (Wildman–Crippen LogP) is 22.4. The molecule has 0 bridgehead atoms. The molecule has 0 saturated carbocycles. The summed E-state index contributed by atoms with van der Waals surface area (Å²) in [6.45, 7) is 14.1. The van der Waals surface area contributed by atoms with Crippen LogP contribution in [0.15, 0.2) is 0 Å². The third-order valence-electron chi connectivity index (χ3n) is 18.2. The van der Waals surface area contributed by atoms with Crippen LogP contribution in [-0.2, 0) is 65.4 Å². The van der Waals surface area contributed by atoms with E-state index in [1.165, 1.54) is 186 Å². The molecule has 0 amide bonds. The largest absolute Gasteiger partial charge is 0.472 e. The van der Waals surface area contributed by atoms with Crippen molar-refractivity contribution in [3.05, 3.63) is 0 Å². The van der Waals surface area contributed by atoms with Crippen molar-refractivity contribution in [3.8, 4) is 0 Å². The number of esters is 4. The predicted molar refractivity (Wildman–Crippen MR) is 391 cm³/mol. The highest BCUT2D eigenvalue weighted by molar-refractivity contribution is 7.47. The highest BCUT2D eigenvalue weighted by atomic mass is 31.2. The van der Waals surface area contributed by atoms with Crippen molar-refractivity contribution in [2.75, 3.05) is 39.6 Å². The van der Waals surface area contributed by atoms with Gasteiger partial charge in [-0.15, -0.1) is 0 Å². The van der Waals surface area contributed by atoms with Crippen LogP contribution >= 0.6 is 15.6 Å². The molecule has 0 aliphatic rings. The molecule has 19 heteroatoms. The number of carbonyl (C=O) groups excluding carboxylic acids is 4. The van der Waals surface area contributed by atoms with Crippen LogP contribution in [0.25, 0.3) is 0 Å². The molecule has 0 radical (unpaired) electrons. The normalized spacial score (nSPS) is 14.4. The Morgan fingerprint density at radius 3 is 0.740 bits per heavy atom. The molecule has 0 rings (SSSR count). The first-order chi connectivity index (χ1) is 46.1. The Kier molecular flexibility index (Phi) is 65.0. The van der Waals surface area contributed by atoms with Gasteiger partial charge in [-0.25, -0.2) is 9.13 Å². The number of phosphoric ester groups is 2. The molecule has 17 nitrogen and oxygen atoms in total. The molecule has 570 valence electrons. The van der Waals surface area contributed by atoms with E-state index < -0.39 is 97.5 Å². The molecule has 0 saturated heterocycles. The zero-order valence-electron chi connectivity index (χ0n) is 63.0. The van der Waals surface area contributed by atoms with Crippen molar-refractivity contribution < 1.29 is 80.2 Å². The van der Waals surface area contributed by atoms with Crippen LogP contribution < -0.4 is 0 Å². The van der Waals surface area contributed by atoms with Gasteiger partial charge in [0.2, 0.25) is 0 Å². The zero-order chi connectivity index (χ0) is 71.0. The van der Waals surface area contributed by atoms with Crippen molar-refractivity contribution in [3.63, 3.8) is 0 Å². The van der Waals surface area contributed by atoms with E-state index in [1.54, 1.807) is 0 Å².